The smallest absolute Gasteiger partial charge is 0.242 e. The monoisotopic (exact) mass is 535 g/mol. The molecular weight excluding hydrogens is 500 g/mol. The largest absolute Gasteiger partial charge is 0.352 e. The number of halogens is 2. The summed E-state index contributed by atoms with van der Waals surface area (Å²) in [5, 5.41) is 3.05. The molecule has 2 aromatic carbocycles. The Balaban J connectivity index is 1.71. The summed E-state index contributed by atoms with van der Waals surface area (Å²) in [5.74, 6) is -1.69. The third-order valence-electron chi connectivity index (χ3n) is 6.66. The molecule has 1 unspecified atom stereocenters. The van der Waals surface area contributed by atoms with E-state index in [0.717, 1.165) is 42.7 Å². The van der Waals surface area contributed by atoms with Gasteiger partial charge in [-0.05, 0) is 56.0 Å². The third kappa shape index (κ3) is 8.24. The summed E-state index contributed by atoms with van der Waals surface area (Å²) in [7, 11) is -3.79. The van der Waals surface area contributed by atoms with E-state index in [0.29, 0.717) is 5.56 Å². The molecule has 1 saturated carbocycles. The van der Waals surface area contributed by atoms with Crippen molar-refractivity contribution in [1.82, 2.24) is 10.2 Å². The SMILES string of the molecule is CC(C(=O)NC1CCCCC1)N(Cc1ccc(F)cc1)C(=O)CCCN(c1ccccc1F)S(C)(=O)=O. The fourth-order valence-electron chi connectivity index (χ4n) is 4.57. The lowest BCUT2D eigenvalue weighted by Gasteiger charge is -2.31. The number of nitrogens with zero attached hydrogens (tertiary/aromatic N) is 2. The molecule has 2 amide bonds. The molecule has 1 aliphatic rings. The number of rotatable bonds is 11. The molecule has 0 aliphatic heterocycles. The van der Waals surface area contributed by atoms with Gasteiger partial charge in [-0.1, -0.05) is 43.5 Å². The summed E-state index contributed by atoms with van der Waals surface area (Å²) in [6.45, 7) is 1.65. The number of amides is 2. The van der Waals surface area contributed by atoms with Crippen LogP contribution in [0.1, 0.15) is 57.4 Å². The average Bonchev–Trinajstić information content (AvgIpc) is 2.86. The minimum atomic E-state index is -3.79. The number of benzene rings is 2. The first-order valence-electron chi connectivity index (χ1n) is 12.6. The number of nitrogens with one attached hydrogen (secondary N) is 1. The second-order valence-electron chi connectivity index (χ2n) is 9.56. The van der Waals surface area contributed by atoms with Crippen molar-refractivity contribution in [3.63, 3.8) is 0 Å². The van der Waals surface area contributed by atoms with Gasteiger partial charge < -0.3 is 10.2 Å². The molecule has 1 atom stereocenters. The van der Waals surface area contributed by atoms with Gasteiger partial charge in [-0.3, -0.25) is 13.9 Å². The first-order chi connectivity index (χ1) is 17.6. The van der Waals surface area contributed by atoms with E-state index < -0.39 is 27.7 Å². The first kappa shape index (κ1) is 28.6. The Morgan fingerprint density at radius 3 is 2.30 bits per heavy atom. The first-order valence-corrected chi connectivity index (χ1v) is 14.5. The van der Waals surface area contributed by atoms with E-state index in [4.69, 9.17) is 0 Å². The van der Waals surface area contributed by atoms with Crippen molar-refractivity contribution < 1.29 is 26.8 Å². The number of anilines is 1. The summed E-state index contributed by atoms with van der Waals surface area (Å²) in [5.41, 5.74) is 0.581. The molecule has 2 aromatic rings. The topological polar surface area (TPSA) is 86.8 Å². The summed E-state index contributed by atoms with van der Waals surface area (Å²) in [6, 6.07) is 10.6. The molecule has 0 saturated heterocycles. The maximum atomic E-state index is 14.3. The molecule has 0 radical (unpaired) electrons. The Morgan fingerprint density at radius 1 is 1.03 bits per heavy atom. The van der Waals surface area contributed by atoms with Gasteiger partial charge in [0.15, 0.2) is 0 Å². The number of hydrogen-bond acceptors (Lipinski definition) is 4. The van der Waals surface area contributed by atoms with Gasteiger partial charge in [0.25, 0.3) is 0 Å². The minimum absolute atomic E-state index is 0.0529. The quantitative estimate of drug-likeness (QED) is 0.463. The van der Waals surface area contributed by atoms with Gasteiger partial charge in [0, 0.05) is 25.6 Å². The summed E-state index contributed by atoms with van der Waals surface area (Å²) >= 11 is 0. The lowest BCUT2D eigenvalue weighted by Crippen LogP contribution is -2.50. The second-order valence-corrected chi connectivity index (χ2v) is 11.5. The molecule has 0 spiro atoms. The number of sulfonamides is 1. The second kappa shape index (κ2) is 13.0. The lowest BCUT2D eigenvalue weighted by atomic mass is 9.95. The molecule has 0 bridgehead atoms. The molecule has 3 rings (SSSR count). The van der Waals surface area contributed by atoms with E-state index in [1.165, 1.54) is 35.2 Å². The van der Waals surface area contributed by atoms with Crippen molar-refractivity contribution in [3.05, 3.63) is 65.7 Å². The zero-order valence-electron chi connectivity index (χ0n) is 21.3. The molecule has 1 fully saturated rings. The maximum absolute atomic E-state index is 14.3. The van der Waals surface area contributed by atoms with Gasteiger partial charge in [0.1, 0.15) is 17.7 Å². The standard InChI is InChI=1S/C27H35F2N3O4S/c1-20(27(34)30-23-9-4-3-5-10-23)31(19-21-14-16-22(28)17-15-21)26(33)13-8-18-32(37(2,35)36)25-12-7-6-11-24(25)29/h6-7,11-12,14-17,20,23H,3-5,8-10,13,18-19H2,1-2H3,(H,30,34). The Labute approximate surface area is 217 Å². The van der Waals surface area contributed by atoms with Gasteiger partial charge in [-0.2, -0.15) is 0 Å². The Kier molecular flexibility index (Phi) is 10.0. The molecule has 0 heterocycles. The van der Waals surface area contributed by atoms with Crippen molar-refractivity contribution >= 4 is 27.5 Å². The van der Waals surface area contributed by atoms with Crippen LogP contribution in [0.15, 0.2) is 48.5 Å². The van der Waals surface area contributed by atoms with Crippen LogP contribution in [0.3, 0.4) is 0 Å². The summed E-state index contributed by atoms with van der Waals surface area (Å²) in [6.07, 6.45) is 6.12. The molecule has 37 heavy (non-hydrogen) atoms. The fraction of sp³-hybridized carbons (Fsp3) is 0.481. The van der Waals surface area contributed by atoms with Gasteiger partial charge in [-0.15, -0.1) is 0 Å². The predicted molar refractivity (Wildman–Crippen MR) is 139 cm³/mol. The highest BCUT2D eigenvalue weighted by atomic mass is 32.2. The van der Waals surface area contributed by atoms with Crippen LogP contribution in [0, 0.1) is 11.6 Å². The van der Waals surface area contributed by atoms with Crippen LogP contribution in [0.25, 0.3) is 0 Å². The van der Waals surface area contributed by atoms with Crippen molar-refractivity contribution in [2.75, 3.05) is 17.1 Å². The zero-order chi connectivity index (χ0) is 27.0. The minimum Gasteiger partial charge on any atom is -0.352 e. The lowest BCUT2D eigenvalue weighted by molar-refractivity contribution is -0.141. The zero-order valence-corrected chi connectivity index (χ0v) is 22.1. The van der Waals surface area contributed by atoms with Crippen LogP contribution >= 0.6 is 0 Å². The van der Waals surface area contributed by atoms with Crippen molar-refractivity contribution in [2.24, 2.45) is 0 Å². The van der Waals surface area contributed by atoms with Crippen LogP contribution in [0.4, 0.5) is 14.5 Å². The Bertz CT molecular complexity index is 1170. The van der Waals surface area contributed by atoms with Crippen molar-refractivity contribution in [1.29, 1.82) is 0 Å². The molecule has 202 valence electrons. The molecule has 0 aromatic heterocycles. The van der Waals surface area contributed by atoms with E-state index in [-0.39, 0.29) is 49.5 Å². The van der Waals surface area contributed by atoms with Gasteiger partial charge >= 0.3 is 0 Å². The number of para-hydroxylation sites is 1. The number of carbonyl (C=O) groups excluding carboxylic acids is 2. The predicted octanol–water partition coefficient (Wildman–Crippen LogP) is 4.38. The summed E-state index contributed by atoms with van der Waals surface area (Å²) < 4.78 is 53.3. The van der Waals surface area contributed by atoms with E-state index in [1.807, 2.05) is 0 Å². The number of carbonyl (C=O) groups is 2. The van der Waals surface area contributed by atoms with E-state index in [2.05, 4.69) is 5.32 Å². The molecule has 1 N–H and O–H groups in total. The highest BCUT2D eigenvalue weighted by Gasteiger charge is 2.28. The van der Waals surface area contributed by atoms with Crippen molar-refractivity contribution in [2.45, 2.75) is 70.5 Å². The van der Waals surface area contributed by atoms with Gasteiger partial charge in [0.2, 0.25) is 21.8 Å². The van der Waals surface area contributed by atoms with Crippen LogP contribution in [-0.4, -0.2) is 50.0 Å². The highest BCUT2D eigenvalue weighted by molar-refractivity contribution is 7.92. The fourth-order valence-corrected chi connectivity index (χ4v) is 5.54. The van der Waals surface area contributed by atoms with Crippen LogP contribution in [-0.2, 0) is 26.2 Å². The molecule has 1 aliphatic carbocycles. The normalized spacial score (nSPS) is 15.1. The molecular formula is C27H35F2N3O4S. The van der Waals surface area contributed by atoms with E-state index >= 15 is 0 Å². The Hall–Kier alpha value is -3.01. The highest BCUT2D eigenvalue weighted by Crippen LogP contribution is 2.23. The van der Waals surface area contributed by atoms with Crippen LogP contribution in [0.2, 0.25) is 0 Å². The number of hydrogen-bond donors (Lipinski definition) is 1. The third-order valence-corrected chi connectivity index (χ3v) is 7.84. The van der Waals surface area contributed by atoms with Crippen LogP contribution < -0.4 is 9.62 Å². The summed E-state index contributed by atoms with van der Waals surface area (Å²) in [4.78, 5) is 27.8. The average molecular weight is 536 g/mol. The van der Waals surface area contributed by atoms with E-state index in [1.54, 1.807) is 25.1 Å². The molecule has 7 nitrogen and oxygen atoms in total. The molecule has 10 heteroatoms. The maximum Gasteiger partial charge on any atom is 0.242 e. The van der Waals surface area contributed by atoms with Gasteiger partial charge in [0.05, 0.1) is 11.9 Å². The van der Waals surface area contributed by atoms with Crippen molar-refractivity contribution in [3.8, 4) is 0 Å². The Morgan fingerprint density at radius 2 is 1.68 bits per heavy atom. The van der Waals surface area contributed by atoms with E-state index in [9.17, 15) is 26.8 Å². The van der Waals surface area contributed by atoms with Crippen LogP contribution in [0.5, 0.6) is 0 Å². The van der Waals surface area contributed by atoms with Gasteiger partial charge in [-0.25, -0.2) is 17.2 Å².